The van der Waals surface area contributed by atoms with Gasteiger partial charge in [0.05, 0.1) is 6.07 Å². The Balaban J connectivity index is 0.00000272. The second-order valence-electron chi connectivity index (χ2n) is 8.60. The van der Waals surface area contributed by atoms with E-state index >= 15 is 0 Å². The van der Waals surface area contributed by atoms with E-state index in [9.17, 15) is 0 Å². The zero-order valence-electron chi connectivity index (χ0n) is 18.1. The highest BCUT2D eigenvalue weighted by molar-refractivity contribution is 5.61. The molecule has 0 bridgehead atoms. The van der Waals surface area contributed by atoms with E-state index in [1.807, 2.05) is 6.07 Å². The Morgan fingerprint density at radius 1 is 1.33 bits per heavy atom. The summed E-state index contributed by atoms with van der Waals surface area (Å²) >= 11 is 0. The first kappa shape index (κ1) is 20.4. The predicted octanol–water partition coefficient (Wildman–Crippen LogP) is 4.17. The summed E-state index contributed by atoms with van der Waals surface area (Å²) in [6, 6.07) is 7.18. The molecule has 1 atom stereocenters. The smallest absolute Gasteiger partial charge is 0.320 e. The lowest BCUT2D eigenvalue weighted by Gasteiger charge is -2.42. The molecule has 7 nitrogen and oxygen atoms in total. The number of rotatable bonds is 7. The highest BCUT2D eigenvalue weighted by atomic mass is 16.4. The quantitative estimate of drug-likeness (QED) is 0.736. The minimum atomic E-state index is 0. The van der Waals surface area contributed by atoms with E-state index in [2.05, 4.69) is 64.8 Å². The van der Waals surface area contributed by atoms with Gasteiger partial charge in [-0.1, -0.05) is 17.7 Å². The van der Waals surface area contributed by atoms with Crippen molar-refractivity contribution in [3.63, 3.8) is 0 Å². The molecule has 2 aliphatic rings. The van der Waals surface area contributed by atoms with Crippen LogP contribution in [0.2, 0.25) is 0 Å². The van der Waals surface area contributed by atoms with Crippen LogP contribution in [0.3, 0.4) is 0 Å². The molecule has 2 aromatic rings. The maximum Gasteiger partial charge on any atom is 0.320 e. The molecule has 1 aromatic heterocycles. The average molecular weight is 409 g/mol. The van der Waals surface area contributed by atoms with Crippen molar-refractivity contribution in [1.82, 2.24) is 20.0 Å². The van der Waals surface area contributed by atoms with Gasteiger partial charge < -0.3 is 14.6 Å². The summed E-state index contributed by atoms with van der Waals surface area (Å²) in [5.74, 6) is 1.05. The van der Waals surface area contributed by atoms with Gasteiger partial charge in [-0.2, -0.15) is 5.26 Å². The summed E-state index contributed by atoms with van der Waals surface area (Å²) in [5.41, 5.74) is 5.97. The Morgan fingerprint density at radius 3 is 2.83 bits per heavy atom. The van der Waals surface area contributed by atoms with E-state index in [0.717, 1.165) is 37.8 Å². The van der Waals surface area contributed by atoms with Gasteiger partial charge in [0, 0.05) is 45.0 Å². The topological polar surface area (TPSA) is 81.2 Å². The highest BCUT2D eigenvalue weighted by Crippen LogP contribution is 2.38. The maximum atomic E-state index is 8.78. The van der Waals surface area contributed by atoms with E-state index in [4.69, 9.17) is 9.68 Å². The predicted molar refractivity (Wildman–Crippen MR) is 118 cm³/mol. The van der Waals surface area contributed by atoms with Crippen LogP contribution in [0.4, 0.5) is 11.7 Å². The molecule has 0 spiro atoms. The Labute approximate surface area is 179 Å². The zero-order chi connectivity index (χ0) is 21.3. The van der Waals surface area contributed by atoms with E-state index in [-0.39, 0.29) is 7.85 Å². The van der Waals surface area contributed by atoms with Crippen molar-refractivity contribution >= 4 is 11.7 Å². The molecule has 30 heavy (non-hydrogen) atoms. The van der Waals surface area contributed by atoms with Crippen LogP contribution in [-0.2, 0) is 13.0 Å². The van der Waals surface area contributed by atoms with Crippen molar-refractivity contribution in [1.29, 1.82) is 5.26 Å². The van der Waals surface area contributed by atoms with Crippen LogP contribution in [0.25, 0.3) is 0 Å². The van der Waals surface area contributed by atoms with Gasteiger partial charge in [0.1, 0.15) is 6.42 Å². The van der Waals surface area contributed by atoms with Gasteiger partial charge in [-0.3, -0.25) is 4.90 Å². The van der Waals surface area contributed by atoms with E-state index < -0.39 is 0 Å². The normalized spacial score (nSPS) is 19.5. The lowest BCUT2D eigenvalue weighted by Crippen LogP contribution is -2.51. The third kappa shape index (κ3) is 4.49. The summed E-state index contributed by atoms with van der Waals surface area (Å²) in [7, 11) is 0. The summed E-state index contributed by atoms with van der Waals surface area (Å²) < 4.78 is 5.51. The standard InChI is InChI=1S/C23H30N6O.H2/c1-15-11-20(14-28-9-10-29(16(2)13-28)18(4)19-5-6-19)17(3)21(12-15)25-23-27-26-22(30-23)7-8-24;/h11-12,16,19H,4-7,9-10,13-14H2,1-3H3,(H,25,27);1H/t16-;/m0./s1. The molecular formula is C23H32N6O. The number of anilines is 2. The van der Waals surface area contributed by atoms with Crippen molar-refractivity contribution in [2.75, 3.05) is 25.0 Å². The minimum Gasteiger partial charge on any atom is -0.407 e. The fourth-order valence-corrected chi connectivity index (χ4v) is 4.28. The first-order valence-electron chi connectivity index (χ1n) is 10.7. The number of hydrogen-bond donors (Lipinski definition) is 1. The van der Waals surface area contributed by atoms with Crippen LogP contribution in [0, 0.1) is 31.1 Å². The molecule has 160 valence electrons. The molecule has 1 N–H and O–H groups in total. The van der Waals surface area contributed by atoms with E-state index in [1.54, 1.807) is 0 Å². The van der Waals surface area contributed by atoms with Crippen molar-refractivity contribution in [3.05, 3.63) is 47.0 Å². The molecule has 1 aliphatic carbocycles. The Hall–Kier alpha value is -2.85. The fraction of sp³-hybridized carbons (Fsp3) is 0.522. The first-order chi connectivity index (χ1) is 14.4. The van der Waals surface area contributed by atoms with Gasteiger partial charge in [-0.05, 0) is 62.3 Å². The molecular weight excluding hydrogens is 376 g/mol. The van der Waals surface area contributed by atoms with Gasteiger partial charge in [0.2, 0.25) is 5.89 Å². The molecule has 2 fully saturated rings. The fourth-order valence-electron chi connectivity index (χ4n) is 4.28. The lowest BCUT2D eigenvalue weighted by atomic mass is 10.0. The van der Waals surface area contributed by atoms with Crippen LogP contribution in [0.5, 0.6) is 0 Å². The van der Waals surface area contributed by atoms with Gasteiger partial charge in [0.25, 0.3) is 0 Å². The molecule has 1 saturated heterocycles. The van der Waals surface area contributed by atoms with Gasteiger partial charge >= 0.3 is 6.01 Å². The highest BCUT2D eigenvalue weighted by Gasteiger charge is 2.32. The van der Waals surface area contributed by atoms with Crippen LogP contribution in [-0.4, -0.2) is 45.7 Å². The summed E-state index contributed by atoms with van der Waals surface area (Å²) in [6.45, 7) is 14.9. The van der Waals surface area contributed by atoms with Crippen LogP contribution < -0.4 is 5.32 Å². The lowest BCUT2D eigenvalue weighted by molar-refractivity contribution is 0.101. The molecule has 0 radical (unpaired) electrons. The van der Waals surface area contributed by atoms with E-state index in [0.29, 0.717) is 17.9 Å². The van der Waals surface area contributed by atoms with Crippen LogP contribution in [0.1, 0.15) is 43.8 Å². The van der Waals surface area contributed by atoms with Gasteiger partial charge in [0.15, 0.2) is 0 Å². The number of hydrogen-bond acceptors (Lipinski definition) is 7. The second kappa shape index (κ2) is 8.49. The SMILES string of the molecule is C=C(C1CC1)N1CCN(Cc2cc(C)cc(Nc3nnc(CC#N)o3)c2C)C[C@@H]1C.[HH]. The summed E-state index contributed by atoms with van der Waals surface area (Å²) in [6.07, 6.45) is 2.73. The minimum absolute atomic E-state index is 0. The van der Waals surface area contributed by atoms with Gasteiger partial charge in [-0.15, -0.1) is 5.10 Å². The summed E-state index contributed by atoms with van der Waals surface area (Å²) in [4.78, 5) is 5.04. The third-order valence-corrected chi connectivity index (χ3v) is 6.12. The Bertz CT molecular complexity index is 977. The average Bonchev–Trinajstić information content (AvgIpc) is 3.46. The number of nitriles is 1. The molecule has 0 amide bonds. The Kier molecular flexibility index (Phi) is 5.78. The van der Waals surface area contributed by atoms with Crippen molar-refractivity contribution in [2.24, 2.45) is 5.92 Å². The number of nitrogens with zero attached hydrogens (tertiary/aromatic N) is 5. The molecule has 4 rings (SSSR count). The number of piperazine rings is 1. The second-order valence-corrected chi connectivity index (χ2v) is 8.60. The number of benzene rings is 1. The third-order valence-electron chi connectivity index (χ3n) is 6.12. The number of nitrogens with one attached hydrogen (secondary N) is 1. The van der Waals surface area contributed by atoms with Crippen molar-refractivity contribution < 1.29 is 5.84 Å². The molecule has 0 unspecified atom stereocenters. The van der Waals surface area contributed by atoms with Gasteiger partial charge in [-0.25, -0.2) is 0 Å². The van der Waals surface area contributed by atoms with Crippen LogP contribution >= 0.6 is 0 Å². The van der Waals surface area contributed by atoms with Crippen molar-refractivity contribution in [3.8, 4) is 6.07 Å². The molecule has 7 heteroatoms. The number of allylic oxidation sites excluding steroid dienone is 1. The molecule has 2 heterocycles. The number of aromatic nitrogens is 2. The van der Waals surface area contributed by atoms with Crippen molar-refractivity contribution in [2.45, 2.75) is 52.6 Å². The zero-order valence-corrected chi connectivity index (χ0v) is 18.1. The van der Waals surface area contributed by atoms with E-state index in [1.165, 1.54) is 35.2 Å². The monoisotopic (exact) mass is 408 g/mol. The first-order valence-corrected chi connectivity index (χ1v) is 10.7. The molecule has 1 aromatic carbocycles. The molecule has 1 aliphatic heterocycles. The van der Waals surface area contributed by atoms with Crippen LogP contribution in [0.15, 0.2) is 28.8 Å². The largest absolute Gasteiger partial charge is 0.407 e. The number of aryl methyl sites for hydroxylation is 1. The Morgan fingerprint density at radius 2 is 2.13 bits per heavy atom. The maximum absolute atomic E-state index is 8.78. The summed E-state index contributed by atoms with van der Waals surface area (Å²) in [5, 5.41) is 19.9. The molecule has 1 saturated carbocycles.